The molecule has 4 fully saturated rings. The number of anilines is 1. The molecule has 2 amide bonds. The van der Waals surface area contributed by atoms with E-state index in [2.05, 4.69) is 15.5 Å². The van der Waals surface area contributed by atoms with Crippen LogP contribution >= 0.6 is 0 Å². The van der Waals surface area contributed by atoms with Gasteiger partial charge in [0, 0.05) is 43.7 Å². The summed E-state index contributed by atoms with van der Waals surface area (Å²) in [7, 11) is 0. The summed E-state index contributed by atoms with van der Waals surface area (Å²) in [4.78, 5) is 26.7. The number of amides is 2. The smallest absolute Gasteiger partial charge is 0.422 e. The molecule has 0 spiro atoms. The van der Waals surface area contributed by atoms with Gasteiger partial charge < -0.3 is 9.84 Å². The van der Waals surface area contributed by atoms with Crippen molar-refractivity contribution in [3.8, 4) is 0 Å². The molecule has 1 aromatic carbocycles. The second-order valence-corrected chi connectivity index (χ2v) is 10.0. The Kier molecular flexibility index (Phi) is 6.04. The fourth-order valence-electron chi connectivity index (χ4n) is 5.89. The summed E-state index contributed by atoms with van der Waals surface area (Å²) >= 11 is 0. The number of carbonyl (C=O) groups excluding carboxylic acids is 2. The number of alkyl halides is 2. The predicted molar refractivity (Wildman–Crippen MR) is 121 cm³/mol. The van der Waals surface area contributed by atoms with Crippen LogP contribution in [0.1, 0.15) is 37.7 Å². The first-order chi connectivity index (χ1) is 16.7. The van der Waals surface area contributed by atoms with Crippen molar-refractivity contribution in [3.63, 3.8) is 0 Å². The Morgan fingerprint density at radius 2 is 1.86 bits per heavy atom. The third-order valence-electron chi connectivity index (χ3n) is 7.93. The number of aliphatic hydroxyl groups is 1. The predicted octanol–water partition coefficient (Wildman–Crippen LogP) is 3.48. The minimum atomic E-state index is -2.93. The molecule has 35 heavy (non-hydrogen) atoms. The summed E-state index contributed by atoms with van der Waals surface area (Å²) in [5.74, 6) is -4.42. The summed E-state index contributed by atoms with van der Waals surface area (Å²) in [6.07, 6.45) is 1.32. The first-order valence-electron chi connectivity index (χ1n) is 12.0. The standard InChI is InChI=1S/C25H28F2N4O4/c26-24(27)11-8-19(15-24)25(34,18-5-2-1-3-6-18)22(32)35-20-16-31(13-9-17(20)10-14-31)23(33)29-21-7-4-12-28-30-21/h1-7,12,17,19-20,34H,8-11,13-16H2/p+1/t17?,19?,20?,25-,31?/m0/s1. The molecule has 1 aromatic heterocycles. The van der Waals surface area contributed by atoms with Gasteiger partial charge in [0.05, 0.1) is 13.1 Å². The van der Waals surface area contributed by atoms with Crippen molar-refractivity contribution in [1.29, 1.82) is 0 Å². The molecule has 3 aliphatic heterocycles. The first-order valence-corrected chi connectivity index (χ1v) is 12.0. The largest absolute Gasteiger partial charge is 0.454 e. The van der Waals surface area contributed by atoms with Crippen LogP contribution in [0.4, 0.5) is 19.4 Å². The Morgan fingerprint density at radius 3 is 2.49 bits per heavy atom. The maximum Gasteiger partial charge on any atom is 0.422 e. The first kappa shape index (κ1) is 23.7. The van der Waals surface area contributed by atoms with Crippen LogP contribution in [0.15, 0.2) is 48.7 Å². The molecule has 10 heteroatoms. The number of piperidine rings is 3. The number of hydrogen-bond donors (Lipinski definition) is 2. The molecule has 1 saturated carbocycles. The third kappa shape index (κ3) is 4.40. The lowest BCUT2D eigenvalue weighted by molar-refractivity contribution is -0.869. The van der Waals surface area contributed by atoms with Gasteiger partial charge in [0.1, 0.15) is 6.54 Å². The average molecular weight is 488 g/mol. The molecule has 2 unspecified atom stereocenters. The summed E-state index contributed by atoms with van der Waals surface area (Å²) in [5, 5.41) is 22.1. The van der Waals surface area contributed by atoms with Gasteiger partial charge in [-0.2, -0.15) is 5.10 Å². The van der Waals surface area contributed by atoms with E-state index >= 15 is 0 Å². The molecule has 3 saturated heterocycles. The SMILES string of the molecule is O=C(OC1C[N+]2(C(=O)Nc3cccnn3)CCC1CC2)[C@](O)(c1ccccc1)C1CCC(F)(F)C1. The van der Waals surface area contributed by atoms with E-state index < -0.39 is 35.9 Å². The van der Waals surface area contributed by atoms with Crippen molar-refractivity contribution in [2.45, 2.75) is 49.7 Å². The van der Waals surface area contributed by atoms with E-state index in [0.717, 1.165) is 0 Å². The number of benzene rings is 1. The molecular weight excluding hydrogens is 458 g/mol. The van der Waals surface area contributed by atoms with E-state index in [9.17, 15) is 23.5 Å². The minimum absolute atomic E-state index is 0.0160. The highest BCUT2D eigenvalue weighted by molar-refractivity contribution is 5.83. The lowest BCUT2D eigenvalue weighted by Crippen LogP contribution is -2.68. The highest BCUT2D eigenvalue weighted by atomic mass is 19.3. The molecule has 1 aliphatic carbocycles. The van der Waals surface area contributed by atoms with Crippen molar-refractivity contribution in [2.75, 3.05) is 25.0 Å². The zero-order valence-corrected chi connectivity index (χ0v) is 19.3. The molecule has 3 atom stereocenters. The number of carbonyl (C=O) groups is 2. The van der Waals surface area contributed by atoms with Crippen molar-refractivity contribution in [2.24, 2.45) is 11.8 Å². The van der Waals surface area contributed by atoms with Gasteiger partial charge in [-0.05, 0) is 24.1 Å². The fraction of sp³-hybridized carbons (Fsp3) is 0.520. The average Bonchev–Trinajstić information content (AvgIpc) is 3.25. The van der Waals surface area contributed by atoms with E-state index in [1.807, 2.05) is 0 Å². The summed E-state index contributed by atoms with van der Waals surface area (Å²) in [6.45, 7) is 1.46. The third-order valence-corrected chi connectivity index (χ3v) is 7.93. The molecule has 4 aliphatic rings. The van der Waals surface area contributed by atoms with Crippen LogP contribution < -0.4 is 5.32 Å². The van der Waals surface area contributed by atoms with Gasteiger partial charge in [0.15, 0.2) is 17.5 Å². The molecule has 2 bridgehead atoms. The summed E-state index contributed by atoms with van der Waals surface area (Å²) in [6, 6.07) is 11.3. The van der Waals surface area contributed by atoms with E-state index in [-0.39, 0.29) is 41.4 Å². The van der Waals surface area contributed by atoms with Crippen LogP contribution in [0.25, 0.3) is 0 Å². The second kappa shape index (κ2) is 8.91. The van der Waals surface area contributed by atoms with Crippen molar-refractivity contribution in [3.05, 3.63) is 54.2 Å². The van der Waals surface area contributed by atoms with E-state index in [1.54, 1.807) is 42.5 Å². The molecule has 8 nitrogen and oxygen atoms in total. The number of esters is 1. The lowest BCUT2D eigenvalue weighted by Gasteiger charge is -2.49. The number of hydrogen-bond acceptors (Lipinski definition) is 6. The zero-order valence-electron chi connectivity index (χ0n) is 19.3. The molecular formula is C25H29F2N4O4+. The number of quaternary nitrogens is 1. The number of nitrogens with zero attached hydrogens (tertiary/aromatic N) is 3. The molecule has 0 radical (unpaired) electrons. The topological polar surface area (TPSA) is 101 Å². The second-order valence-electron chi connectivity index (χ2n) is 10.0. The quantitative estimate of drug-likeness (QED) is 0.495. The number of fused-ring (bicyclic) bond motifs is 3. The number of aromatic nitrogens is 2. The Balaban J connectivity index is 1.36. The van der Waals surface area contributed by atoms with Crippen molar-refractivity contribution in [1.82, 2.24) is 10.2 Å². The Labute approximate surface area is 201 Å². The van der Waals surface area contributed by atoms with Crippen LogP contribution in [0.3, 0.4) is 0 Å². The molecule has 4 heterocycles. The van der Waals surface area contributed by atoms with Crippen molar-refractivity contribution < 1.29 is 32.7 Å². The van der Waals surface area contributed by atoms with Gasteiger partial charge >= 0.3 is 12.0 Å². The fourth-order valence-corrected chi connectivity index (χ4v) is 5.89. The molecule has 186 valence electrons. The van der Waals surface area contributed by atoms with Gasteiger partial charge in [-0.25, -0.2) is 22.9 Å². The van der Waals surface area contributed by atoms with Gasteiger partial charge in [0.2, 0.25) is 5.92 Å². The van der Waals surface area contributed by atoms with Crippen LogP contribution in [-0.4, -0.2) is 63.4 Å². The lowest BCUT2D eigenvalue weighted by atomic mass is 9.79. The highest BCUT2D eigenvalue weighted by Crippen LogP contribution is 2.48. The number of halogens is 2. The maximum atomic E-state index is 14.1. The molecule has 2 aromatic rings. The minimum Gasteiger partial charge on any atom is -0.454 e. The number of ether oxygens (including phenoxy) is 1. The van der Waals surface area contributed by atoms with Crippen LogP contribution in [0.5, 0.6) is 0 Å². The van der Waals surface area contributed by atoms with E-state index in [4.69, 9.17) is 4.74 Å². The normalized spacial score (nSPS) is 30.9. The van der Waals surface area contributed by atoms with E-state index in [1.165, 1.54) is 6.20 Å². The monoisotopic (exact) mass is 487 g/mol. The molecule has 2 N–H and O–H groups in total. The maximum absolute atomic E-state index is 14.1. The van der Waals surface area contributed by atoms with Gasteiger partial charge in [0.25, 0.3) is 0 Å². The summed E-state index contributed by atoms with van der Waals surface area (Å²) < 4.78 is 34.1. The van der Waals surface area contributed by atoms with Gasteiger partial charge in [-0.15, -0.1) is 5.10 Å². The Hall–Kier alpha value is -2.98. The number of rotatable bonds is 5. The van der Waals surface area contributed by atoms with Crippen molar-refractivity contribution >= 4 is 17.8 Å². The van der Waals surface area contributed by atoms with Crippen LogP contribution in [-0.2, 0) is 15.1 Å². The Morgan fingerprint density at radius 1 is 1.11 bits per heavy atom. The van der Waals surface area contributed by atoms with Gasteiger partial charge in [-0.3, -0.25) is 5.32 Å². The van der Waals surface area contributed by atoms with Gasteiger partial charge in [-0.1, -0.05) is 30.3 Å². The van der Waals surface area contributed by atoms with E-state index in [0.29, 0.717) is 31.7 Å². The highest BCUT2D eigenvalue weighted by Gasteiger charge is 2.57. The van der Waals surface area contributed by atoms with Crippen LogP contribution in [0, 0.1) is 11.8 Å². The Bertz CT molecular complexity index is 1080. The zero-order chi connectivity index (χ0) is 24.7. The van der Waals surface area contributed by atoms with Crippen LogP contribution in [0.2, 0.25) is 0 Å². The summed E-state index contributed by atoms with van der Waals surface area (Å²) in [5.41, 5.74) is -1.93. The molecule has 6 rings (SSSR count). The number of nitrogens with one attached hydrogen (secondary N) is 1. The number of urea groups is 1.